The number of aromatic nitrogens is 3. The predicted octanol–water partition coefficient (Wildman–Crippen LogP) is 7.90. The molecule has 6 rings (SSSR count). The van der Waals surface area contributed by atoms with Gasteiger partial charge in [0.25, 0.3) is 5.69 Å². The maximum Gasteiger partial charge on any atom is 0.269 e. The highest BCUT2D eigenvalue weighted by molar-refractivity contribution is 6.11. The molecule has 8 nitrogen and oxygen atoms in total. The molecule has 0 unspecified atom stereocenters. The van der Waals surface area contributed by atoms with Crippen LogP contribution in [0.15, 0.2) is 97.2 Å². The minimum absolute atomic E-state index is 0.0518. The molecule has 6 aromatic rings. The van der Waals surface area contributed by atoms with E-state index in [1.54, 1.807) is 18.3 Å². The van der Waals surface area contributed by atoms with E-state index in [9.17, 15) is 15.4 Å². The van der Waals surface area contributed by atoms with Crippen molar-refractivity contribution in [2.45, 2.75) is 19.3 Å². The lowest BCUT2D eigenvalue weighted by Crippen LogP contribution is -2.13. The van der Waals surface area contributed by atoms with Gasteiger partial charge < -0.3 is 5.32 Å². The van der Waals surface area contributed by atoms with Crippen molar-refractivity contribution in [3.8, 4) is 28.5 Å². The second kappa shape index (κ2) is 9.64. The van der Waals surface area contributed by atoms with E-state index in [0.717, 1.165) is 61.1 Å². The first-order chi connectivity index (χ1) is 19.3. The van der Waals surface area contributed by atoms with Gasteiger partial charge in [0.15, 0.2) is 0 Å². The number of H-pyrrole nitrogens is 1. The van der Waals surface area contributed by atoms with Gasteiger partial charge in [-0.05, 0) is 66.9 Å². The standard InChI is InChI=1S/C32H24N6O2/c1-32(2,19-33)23-9-6-20(7-10-23)31-30-27-17-22(8-15-28(27)34-18-29(30)36-37-31)21-4-3-5-25(16-21)35-24-11-13-26(14-12-24)38(39)40/h3-18,35H,1-2H3,(H,36,37). The van der Waals surface area contributed by atoms with Crippen LogP contribution in [-0.2, 0) is 5.41 Å². The molecule has 0 radical (unpaired) electrons. The lowest BCUT2D eigenvalue weighted by atomic mass is 9.86. The quantitative estimate of drug-likeness (QED) is 0.169. The minimum atomic E-state index is -0.570. The molecule has 0 aliphatic carbocycles. The molecule has 40 heavy (non-hydrogen) atoms. The minimum Gasteiger partial charge on any atom is -0.356 e. The fraction of sp³-hybridized carbons (Fsp3) is 0.0938. The fourth-order valence-corrected chi connectivity index (χ4v) is 4.81. The zero-order chi connectivity index (χ0) is 27.9. The Hall–Kier alpha value is -5.55. The van der Waals surface area contributed by atoms with Crippen molar-refractivity contribution in [1.82, 2.24) is 15.2 Å². The van der Waals surface area contributed by atoms with Gasteiger partial charge in [-0.1, -0.05) is 42.5 Å². The van der Waals surface area contributed by atoms with E-state index in [4.69, 9.17) is 0 Å². The maximum atomic E-state index is 11.0. The molecule has 0 atom stereocenters. The number of nitrogens with zero attached hydrogens (tertiary/aromatic N) is 4. The van der Waals surface area contributed by atoms with Crippen molar-refractivity contribution in [2.24, 2.45) is 0 Å². The van der Waals surface area contributed by atoms with Crippen LogP contribution in [0.2, 0.25) is 0 Å². The molecule has 0 aliphatic rings. The number of anilines is 2. The Morgan fingerprint density at radius 1 is 0.900 bits per heavy atom. The SMILES string of the molecule is CC(C)(C#N)c1ccc(-c2n[nH]c3cnc4ccc(-c5cccc(Nc6ccc([N+](=O)[O-])cc6)c5)cc4c23)cc1. The summed E-state index contributed by atoms with van der Waals surface area (Å²) in [5.74, 6) is 0. The summed E-state index contributed by atoms with van der Waals surface area (Å²) in [4.78, 5) is 15.2. The van der Waals surface area contributed by atoms with Gasteiger partial charge in [0.1, 0.15) is 5.69 Å². The third kappa shape index (κ3) is 4.50. The van der Waals surface area contributed by atoms with E-state index in [1.165, 1.54) is 12.1 Å². The van der Waals surface area contributed by atoms with Gasteiger partial charge in [-0.2, -0.15) is 10.4 Å². The summed E-state index contributed by atoms with van der Waals surface area (Å²) < 4.78 is 0. The number of non-ortho nitro benzene ring substituents is 1. The van der Waals surface area contributed by atoms with Crippen LogP contribution in [0.5, 0.6) is 0 Å². The summed E-state index contributed by atoms with van der Waals surface area (Å²) in [5, 5.41) is 33.5. The van der Waals surface area contributed by atoms with E-state index in [1.807, 2.05) is 74.5 Å². The van der Waals surface area contributed by atoms with E-state index < -0.39 is 10.3 Å². The lowest BCUT2D eigenvalue weighted by Gasteiger charge is -2.15. The van der Waals surface area contributed by atoms with Crippen LogP contribution in [0.3, 0.4) is 0 Å². The summed E-state index contributed by atoms with van der Waals surface area (Å²) >= 11 is 0. The van der Waals surface area contributed by atoms with Gasteiger partial charge in [-0.15, -0.1) is 0 Å². The van der Waals surface area contributed by atoms with Crippen molar-refractivity contribution in [3.05, 3.63) is 113 Å². The van der Waals surface area contributed by atoms with Gasteiger partial charge in [-0.25, -0.2) is 0 Å². The molecular formula is C32H24N6O2. The number of nitro benzene ring substituents is 1. The van der Waals surface area contributed by atoms with Gasteiger partial charge >= 0.3 is 0 Å². The molecule has 0 amide bonds. The van der Waals surface area contributed by atoms with E-state index in [0.29, 0.717) is 0 Å². The number of benzene rings is 4. The van der Waals surface area contributed by atoms with Crippen LogP contribution in [0.4, 0.5) is 17.1 Å². The van der Waals surface area contributed by atoms with Crippen molar-refractivity contribution in [1.29, 1.82) is 5.26 Å². The highest BCUT2D eigenvalue weighted by Gasteiger charge is 2.20. The first kappa shape index (κ1) is 24.8. The summed E-state index contributed by atoms with van der Waals surface area (Å²) in [7, 11) is 0. The van der Waals surface area contributed by atoms with Crippen LogP contribution in [0, 0.1) is 21.4 Å². The van der Waals surface area contributed by atoms with Crippen LogP contribution in [-0.4, -0.2) is 20.1 Å². The van der Waals surface area contributed by atoms with E-state index >= 15 is 0 Å². The number of nitrogens with one attached hydrogen (secondary N) is 2. The van der Waals surface area contributed by atoms with Crippen molar-refractivity contribution < 1.29 is 4.92 Å². The number of fused-ring (bicyclic) bond motifs is 3. The molecule has 2 heterocycles. The Bertz CT molecular complexity index is 1930. The van der Waals surface area contributed by atoms with Crippen LogP contribution < -0.4 is 5.32 Å². The second-order valence-corrected chi connectivity index (χ2v) is 10.2. The molecule has 194 valence electrons. The molecule has 0 bridgehead atoms. The molecule has 2 N–H and O–H groups in total. The Labute approximate surface area is 230 Å². The van der Waals surface area contributed by atoms with Crippen LogP contribution >= 0.6 is 0 Å². The highest BCUT2D eigenvalue weighted by Crippen LogP contribution is 2.35. The third-order valence-electron chi connectivity index (χ3n) is 7.12. The smallest absolute Gasteiger partial charge is 0.269 e. The average molecular weight is 525 g/mol. The molecule has 0 spiro atoms. The molecule has 8 heteroatoms. The topological polar surface area (TPSA) is 121 Å². The number of pyridine rings is 1. The number of rotatable bonds is 6. The van der Waals surface area contributed by atoms with Crippen LogP contribution in [0.1, 0.15) is 19.4 Å². The first-order valence-corrected chi connectivity index (χ1v) is 12.7. The molecule has 2 aromatic heterocycles. The summed E-state index contributed by atoms with van der Waals surface area (Å²) in [6, 6.07) is 30.9. The number of aromatic amines is 1. The molecule has 4 aromatic carbocycles. The van der Waals surface area contributed by atoms with Crippen molar-refractivity contribution in [3.63, 3.8) is 0 Å². The van der Waals surface area contributed by atoms with Crippen molar-refractivity contribution in [2.75, 3.05) is 5.32 Å². The average Bonchev–Trinajstić information content (AvgIpc) is 3.42. The zero-order valence-corrected chi connectivity index (χ0v) is 21.8. The van der Waals surface area contributed by atoms with Crippen LogP contribution in [0.25, 0.3) is 44.2 Å². The van der Waals surface area contributed by atoms with E-state index in [2.05, 4.69) is 32.6 Å². The Morgan fingerprint density at radius 2 is 1.62 bits per heavy atom. The molecule has 0 fully saturated rings. The number of hydrogen-bond donors (Lipinski definition) is 2. The fourth-order valence-electron chi connectivity index (χ4n) is 4.81. The molecule has 0 saturated heterocycles. The van der Waals surface area contributed by atoms with Gasteiger partial charge in [0.2, 0.25) is 0 Å². The summed E-state index contributed by atoms with van der Waals surface area (Å²) in [6.07, 6.45) is 1.80. The van der Waals surface area contributed by atoms with Gasteiger partial charge in [-0.3, -0.25) is 20.2 Å². The van der Waals surface area contributed by atoms with E-state index in [-0.39, 0.29) is 5.69 Å². The van der Waals surface area contributed by atoms with Gasteiger partial charge in [0.05, 0.1) is 33.6 Å². The summed E-state index contributed by atoms with van der Waals surface area (Å²) in [5.41, 5.74) is 7.59. The Morgan fingerprint density at radius 3 is 2.35 bits per heavy atom. The Balaban J connectivity index is 1.38. The summed E-state index contributed by atoms with van der Waals surface area (Å²) in [6.45, 7) is 3.81. The number of hydrogen-bond acceptors (Lipinski definition) is 6. The number of nitro groups is 1. The van der Waals surface area contributed by atoms with Gasteiger partial charge in [0, 0.05) is 39.8 Å². The molecular weight excluding hydrogens is 500 g/mol. The third-order valence-corrected chi connectivity index (χ3v) is 7.12. The molecule has 0 saturated carbocycles. The Kier molecular flexibility index (Phi) is 5.97. The predicted molar refractivity (Wildman–Crippen MR) is 157 cm³/mol. The largest absolute Gasteiger partial charge is 0.356 e. The molecule has 0 aliphatic heterocycles. The lowest BCUT2D eigenvalue weighted by molar-refractivity contribution is -0.384. The monoisotopic (exact) mass is 524 g/mol. The first-order valence-electron chi connectivity index (χ1n) is 12.7. The maximum absolute atomic E-state index is 11.0. The second-order valence-electron chi connectivity index (χ2n) is 10.2. The normalized spacial score (nSPS) is 11.4. The zero-order valence-electron chi connectivity index (χ0n) is 21.8. The number of nitriles is 1. The highest BCUT2D eigenvalue weighted by atomic mass is 16.6. The van der Waals surface area contributed by atoms with Crippen molar-refractivity contribution >= 4 is 38.9 Å².